The van der Waals surface area contributed by atoms with Crippen molar-refractivity contribution in [3.8, 4) is 0 Å². The minimum absolute atomic E-state index is 0.0371. The Morgan fingerprint density at radius 1 is 1.56 bits per heavy atom. The molecule has 0 fully saturated rings. The quantitative estimate of drug-likeness (QED) is 0.436. The van der Waals surface area contributed by atoms with E-state index in [9.17, 15) is 4.79 Å². The first-order valence-corrected chi connectivity index (χ1v) is 4.95. The normalized spacial score (nSPS) is 11.9. The van der Waals surface area contributed by atoms with E-state index in [1.807, 2.05) is 18.2 Å². The van der Waals surface area contributed by atoms with Crippen molar-refractivity contribution in [1.82, 2.24) is 0 Å². The third-order valence-electron chi connectivity index (χ3n) is 2.18. The van der Waals surface area contributed by atoms with Crippen LogP contribution in [0.3, 0.4) is 0 Å². The molecule has 0 radical (unpaired) electrons. The van der Waals surface area contributed by atoms with E-state index in [1.54, 1.807) is 6.07 Å². The summed E-state index contributed by atoms with van der Waals surface area (Å²) in [6, 6.07) is 6.85. The van der Waals surface area contributed by atoms with Gasteiger partial charge in [-0.05, 0) is 31.0 Å². The molecule has 0 spiro atoms. The summed E-state index contributed by atoms with van der Waals surface area (Å²) in [7, 11) is 0. The largest absolute Gasteiger partial charge is 0.370 e. The Bertz CT molecular complexity index is 403. The molecule has 0 aromatic heterocycles. The van der Waals surface area contributed by atoms with E-state index in [2.05, 4.69) is 5.32 Å². The highest BCUT2D eigenvalue weighted by Crippen LogP contribution is 2.11. The second-order valence-corrected chi connectivity index (χ2v) is 3.66. The molecule has 1 rings (SSSR count). The Morgan fingerprint density at radius 2 is 2.25 bits per heavy atom. The zero-order chi connectivity index (χ0) is 12.1. The van der Waals surface area contributed by atoms with Crippen LogP contribution in [0.1, 0.15) is 12.5 Å². The molecule has 1 aromatic rings. The molecule has 0 amide bonds. The number of ketones is 1. The van der Waals surface area contributed by atoms with Gasteiger partial charge in [-0.25, -0.2) is 0 Å². The molecule has 86 valence electrons. The average molecular weight is 220 g/mol. The number of nitrogens with two attached hydrogens (primary N) is 2. The number of hydrogen-bond donors (Lipinski definition) is 4. The smallest absolute Gasteiger partial charge is 0.190 e. The predicted octanol–water partition coefficient (Wildman–Crippen LogP) is 0.451. The van der Waals surface area contributed by atoms with Crippen LogP contribution in [0, 0.1) is 5.41 Å². The van der Waals surface area contributed by atoms with Gasteiger partial charge in [0.2, 0.25) is 0 Å². The molecule has 0 bridgehead atoms. The van der Waals surface area contributed by atoms with Crippen LogP contribution in [0.15, 0.2) is 24.3 Å². The van der Waals surface area contributed by atoms with Gasteiger partial charge in [0.25, 0.3) is 0 Å². The maximum atomic E-state index is 11.0. The fourth-order valence-electron chi connectivity index (χ4n) is 1.33. The van der Waals surface area contributed by atoms with Gasteiger partial charge in [-0.2, -0.15) is 0 Å². The Morgan fingerprint density at radius 3 is 2.81 bits per heavy atom. The molecule has 1 atom stereocenters. The lowest BCUT2D eigenvalue weighted by Crippen LogP contribution is -2.30. The number of anilines is 1. The summed E-state index contributed by atoms with van der Waals surface area (Å²) in [5.41, 5.74) is 12.5. The van der Waals surface area contributed by atoms with Crippen LogP contribution < -0.4 is 16.8 Å². The molecule has 5 heteroatoms. The highest BCUT2D eigenvalue weighted by molar-refractivity contribution is 5.89. The van der Waals surface area contributed by atoms with Gasteiger partial charge in [0, 0.05) is 5.69 Å². The molecule has 0 saturated heterocycles. The maximum Gasteiger partial charge on any atom is 0.190 e. The van der Waals surface area contributed by atoms with E-state index < -0.39 is 6.04 Å². The van der Waals surface area contributed by atoms with Crippen molar-refractivity contribution in [1.29, 1.82) is 5.41 Å². The van der Waals surface area contributed by atoms with Gasteiger partial charge >= 0.3 is 0 Å². The number of carbonyl (C=O) groups is 1. The lowest BCUT2D eigenvalue weighted by atomic mass is 10.0. The van der Waals surface area contributed by atoms with Crippen molar-refractivity contribution < 1.29 is 4.79 Å². The third kappa shape index (κ3) is 3.70. The first kappa shape index (κ1) is 12.2. The van der Waals surface area contributed by atoms with Crippen LogP contribution >= 0.6 is 0 Å². The summed E-state index contributed by atoms with van der Waals surface area (Å²) < 4.78 is 0. The van der Waals surface area contributed by atoms with E-state index in [-0.39, 0.29) is 11.7 Å². The number of hydrogen-bond acceptors (Lipinski definition) is 3. The summed E-state index contributed by atoms with van der Waals surface area (Å²) in [6.45, 7) is 1.47. The first-order valence-electron chi connectivity index (χ1n) is 4.95. The van der Waals surface area contributed by atoms with Gasteiger partial charge in [-0.15, -0.1) is 0 Å². The van der Waals surface area contributed by atoms with Crippen molar-refractivity contribution in [2.24, 2.45) is 11.5 Å². The fraction of sp³-hybridized carbons (Fsp3) is 0.273. The van der Waals surface area contributed by atoms with Gasteiger partial charge in [-0.1, -0.05) is 12.1 Å². The Labute approximate surface area is 94.3 Å². The molecule has 16 heavy (non-hydrogen) atoms. The first-order chi connectivity index (χ1) is 7.49. The van der Waals surface area contributed by atoms with Crippen molar-refractivity contribution in [2.75, 3.05) is 5.32 Å². The van der Waals surface area contributed by atoms with Gasteiger partial charge in [0.15, 0.2) is 5.96 Å². The lowest BCUT2D eigenvalue weighted by Gasteiger charge is -2.09. The minimum atomic E-state index is -0.479. The lowest BCUT2D eigenvalue weighted by molar-refractivity contribution is -0.118. The SMILES string of the molecule is CC(=O)C(N)Cc1cccc(NC(=N)N)c1. The Kier molecular flexibility index (Phi) is 4.02. The molecule has 0 aliphatic carbocycles. The Balaban J connectivity index is 2.74. The molecular weight excluding hydrogens is 204 g/mol. The molecule has 1 unspecified atom stereocenters. The van der Waals surface area contributed by atoms with Crippen molar-refractivity contribution in [3.63, 3.8) is 0 Å². The molecule has 0 saturated carbocycles. The van der Waals surface area contributed by atoms with E-state index in [1.165, 1.54) is 6.92 Å². The van der Waals surface area contributed by atoms with Crippen LogP contribution in [-0.2, 0) is 11.2 Å². The molecule has 0 aliphatic rings. The second-order valence-electron chi connectivity index (χ2n) is 3.66. The molecule has 5 nitrogen and oxygen atoms in total. The number of rotatable bonds is 4. The standard InChI is InChI=1S/C11H16N4O/c1-7(16)10(12)6-8-3-2-4-9(5-8)15-11(13)14/h2-5,10H,6,12H2,1H3,(H4,13,14,15). The number of carbonyl (C=O) groups excluding carboxylic acids is 1. The zero-order valence-electron chi connectivity index (χ0n) is 9.16. The van der Waals surface area contributed by atoms with E-state index in [0.29, 0.717) is 6.42 Å². The van der Waals surface area contributed by atoms with Crippen LogP contribution in [-0.4, -0.2) is 17.8 Å². The predicted molar refractivity (Wildman–Crippen MR) is 64.3 cm³/mol. The summed E-state index contributed by atoms with van der Waals surface area (Å²) in [5.74, 6) is -0.155. The minimum Gasteiger partial charge on any atom is -0.370 e. The average Bonchev–Trinajstić information content (AvgIpc) is 2.16. The maximum absolute atomic E-state index is 11.0. The van der Waals surface area contributed by atoms with Crippen LogP contribution in [0.5, 0.6) is 0 Å². The number of benzene rings is 1. The van der Waals surface area contributed by atoms with Crippen molar-refractivity contribution in [2.45, 2.75) is 19.4 Å². The topological polar surface area (TPSA) is 105 Å². The van der Waals surface area contributed by atoms with E-state index in [4.69, 9.17) is 16.9 Å². The summed E-state index contributed by atoms with van der Waals surface area (Å²) in [6.07, 6.45) is 0.489. The van der Waals surface area contributed by atoms with Gasteiger partial charge in [0.1, 0.15) is 5.78 Å². The number of Topliss-reactive ketones (excluding diaryl/α,β-unsaturated/α-hetero) is 1. The zero-order valence-corrected chi connectivity index (χ0v) is 9.16. The van der Waals surface area contributed by atoms with Crippen molar-refractivity contribution >= 4 is 17.4 Å². The van der Waals surface area contributed by atoms with E-state index >= 15 is 0 Å². The van der Waals surface area contributed by atoms with Crippen LogP contribution in [0.2, 0.25) is 0 Å². The van der Waals surface area contributed by atoms with Crippen LogP contribution in [0.4, 0.5) is 5.69 Å². The monoisotopic (exact) mass is 220 g/mol. The van der Waals surface area contributed by atoms with Gasteiger partial charge in [0.05, 0.1) is 6.04 Å². The fourth-order valence-corrected chi connectivity index (χ4v) is 1.33. The summed E-state index contributed by atoms with van der Waals surface area (Å²) in [4.78, 5) is 11.0. The number of nitrogens with one attached hydrogen (secondary N) is 2. The van der Waals surface area contributed by atoms with Gasteiger partial charge in [-0.3, -0.25) is 10.2 Å². The summed E-state index contributed by atoms with van der Waals surface area (Å²) in [5, 5.41) is 9.78. The molecule has 1 aromatic carbocycles. The molecule has 0 heterocycles. The third-order valence-corrected chi connectivity index (χ3v) is 2.18. The highest BCUT2D eigenvalue weighted by atomic mass is 16.1. The second kappa shape index (κ2) is 5.27. The number of guanidine groups is 1. The molecule has 0 aliphatic heterocycles. The summed E-state index contributed by atoms with van der Waals surface area (Å²) >= 11 is 0. The molecular formula is C11H16N4O. The molecule has 6 N–H and O–H groups in total. The Hall–Kier alpha value is -1.88. The highest BCUT2D eigenvalue weighted by Gasteiger charge is 2.09. The van der Waals surface area contributed by atoms with Gasteiger partial charge < -0.3 is 16.8 Å². The van der Waals surface area contributed by atoms with Crippen molar-refractivity contribution in [3.05, 3.63) is 29.8 Å². The van der Waals surface area contributed by atoms with Crippen LogP contribution in [0.25, 0.3) is 0 Å². The van der Waals surface area contributed by atoms with E-state index in [0.717, 1.165) is 11.3 Å².